The van der Waals surface area contributed by atoms with Crippen molar-refractivity contribution in [1.29, 1.82) is 0 Å². The maximum Gasteiger partial charge on any atom is 0.371 e. The normalized spacial score (nSPS) is 10.2. The number of carbonyl (C=O) groups is 3. The number of halogens is 1. The molecule has 3 aromatic carbocycles. The number of hydrogen-bond donors (Lipinski definition) is 0. The van der Waals surface area contributed by atoms with Crippen molar-refractivity contribution in [2.24, 2.45) is 0 Å². The van der Waals surface area contributed by atoms with Crippen molar-refractivity contribution < 1.29 is 37.7 Å². The summed E-state index contributed by atoms with van der Waals surface area (Å²) < 4.78 is 33.6. The molecule has 0 heterocycles. The Kier molecular flexibility index (Phi) is 9.32. The van der Waals surface area contributed by atoms with Gasteiger partial charge >= 0.3 is 17.9 Å². The lowest BCUT2D eigenvalue weighted by atomic mass is 10.0. The Labute approximate surface area is 213 Å². The van der Waals surface area contributed by atoms with E-state index in [1.54, 1.807) is 67.6 Å². The molecule has 0 spiro atoms. The molecular formula is C29H25FO7. The van der Waals surface area contributed by atoms with Crippen LogP contribution in [0.4, 0.5) is 4.39 Å². The van der Waals surface area contributed by atoms with Gasteiger partial charge in [-0.1, -0.05) is 37.4 Å². The van der Waals surface area contributed by atoms with E-state index < -0.39 is 23.7 Å². The first kappa shape index (κ1) is 26.9. The van der Waals surface area contributed by atoms with Gasteiger partial charge in [-0.15, -0.1) is 0 Å². The summed E-state index contributed by atoms with van der Waals surface area (Å²) in [4.78, 5) is 35.1. The number of benzene rings is 3. The van der Waals surface area contributed by atoms with Crippen molar-refractivity contribution in [3.8, 4) is 28.4 Å². The molecule has 3 aromatic rings. The largest absolute Gasteiger partial charge is 0.493 e. The third kappa shape index (κ3) is 8.17. The van der Waals surface area contributed by atoms with Gasteiger partial charge in [0.1, 0.15) is 17.2 Å². The van der Waals surface area contributed by atoms with Gasteiger partial charge in [0.2, 0.25) is 5.83 Å². The average molecular weight is 505 g/mol. The third-order valence-corrected chi connectivity index (χ3v) is 4.91. The monoisotopic (exact) mass is 504 g/mol. The summed E-state index contributed by atoms with van der Waals surface area (Å²) in [5, 5.41) is 0. The first-order valence-corrected chi connectivity index (χ1v) is 11.3. The van der Waals surface area contributed by atoms with Crippen molar-refractivity contribution in [3.63, 3.8) is 0 Å². The summed E-state index contributed by atoms with van der Waals surface area (Å²) >= 11 is 0. The molecule has 37 heavy (non-hydrogen) atoms. The van der Waals surface area contributed by atoms with E-state index in [2.05, 4.69) is 13.2 Å². The Morgan fingerprint density at radius 3 is 1.78 bits per heavy atom. The third-order valence-electron chi connectivity index (χ3n) is 4.91. The molecular weight excluding hydrogens is 479 g/mol. The van der Waals surface area contributed by atoms with Gasteiger partial charge < -0.3 is 18.9 Å². The fourth-order valence-electron chi connectivity index (χ4n) is 2.98. The molecule has 0 saturated carbocycles. The molecule has 0 aliphatic rings. The topological polar surface area (TPSA) is 88.1 Å². The average Bonchev–Trinajstić information content (AvgIpc) is 2.89. The van der Waals surface area contributed by atoms with E-state index in [0.29, 0.717) is 35.7 Å². The van der Waals surface area contributed by atoms with E-state index in [-0.39, 0.29) is 12.4 Å². The predicted molar refractivity (Wildman–Crippen MR) is 135 cm³/mol. The summed E-state index contributed by atoms with van der Waals surface area (Å²) in [6.07, 6.45) is 0.526. The number of esters is 3. The van der Waals surface area contributed by atoms with E-state index in [1.807, 2.05) is 0 Å². The number of hydrogen-bond acceptors (Lipinski definition) is 7. The molecule has 0 bridgehead atoms. The van der Waals surface area contributed by atoms with Gasteiger partial charge in [-0.3, -0.25) is 0 Å². The number of rotatable bonds is 11. The molecule has 7 nitrogen and oxygen atoms in total. The van der Waals surface area contributed by atoms with Gasteiger partial charge in [-0.25, -0.2) is 14.4 Å². The smallest absolute Gasteiger partial charge is 0.371 e. The van der Waals surface area contributed by atoms with Crippen molar-refractivity contribution in [2.75, 3.05) is 13.2 Å². The fraction of sp³-hybridized carbons (Fsp3) is 0.138. The molecule has 0 amide bonds. The van der Waals surface area contributed by atoms with Crippen LogP contribution in [0.5, 0.6) is 17.2 Å². The van der Waals surface area contributed by atoms with Crippen LogP contribution >= 0.6 is 0 Å². The van der Waals surface area contributed by atoms with Gasteiger partial charge in [0.05, 0.1) is 18.8 Å². The van der Waals surface area contributed by atoms with Crippen molar-refractivity contribution >= 4 is 17.9 Å². The van der Waals surface area contributed by atoms with Gasteiger partial charge in [0.25, 0.3) is 0 Å². The highest BCUT2D eigenvalue weighted by Gasteiger charge is 2.11. The number of carbonyl (C=O) groups excluding carboxylic acids is 3. The maximum atomic E-state index is 12.8. The first-order valence-electron chi connectivity index (χ1n) is 11.3. The second-order valence-corrected chi connectivity index (χ2v) is 7.88. The van der Waals surface area contributed by atoms with Crippen LogP contribution in [0, 0.1) is 0 Å². The van der Waals surface area contributed by atoms with Gasteiger partial charge in [0, 0.05) is 12.0 Å². The maximum absolute atomic E-state index is 12.8. The molecule has 0 saturated heterocycles. The molecule has 8 heteroatoms. The molecule has 190 valence electrons. The van der Waals surface area contributed by atoms with E-state index in [9.17, 15) is 18.8 Å². The van der Waals surface area contributed by atoms with E-state index >= 15 is 0 Å². The summed E-state index contributed by atoms with van der Waals surface area (Å²) in [5.41, 5.74) is 2.34. The van der Waals surface area contributed by atoms with Crippen LogP contribution in [-0.2, 0) is 14.3 Å². The highest BCUT2D eigenvalue weighted by Crippen LogP contribution is 2.24. The second-order valence-electron chi connectivity index (χ2n) is 7.88. The lowest BCUT2D eigenvalue weighted by Crippen LogP contribution is -2.09. The molecule has 0 radical (unpaired) electrons. The lowest BCUT2D eigenvalue weighted by molar-refractivity contribution is -0.139. The van der Waals surface area contributed by atoms with Crippen LogP contribution in [0.1, 0.15) is 23.7 Å². The summed E-state index contributed by atoms with van der Waals surface area (Å²) in [6.45, 7) is 8.59. The zero-order chi connectivity index (χ0) is 26.8. The van der Waals surface area contributed by atoms with Crippen molar-refractivity contribution in [2.45, 2.75) is 13.3 Å². The molecule has 0 fully saturated rings. The van der Waals surface area contributed by atoms with Crippen LogP contribution < -0.4 is 14.2 Å². The molecule has 0 aliphatic carbocycles. The van der Waals surface area contributed by atoms with Crippen LogP contribution in [0.15, 0.2) is 97.4 Å². The zero-order valence-electron chi connectivity index (χ0n) is 20.2. The summed E-state index contributed by atoms with van der Waals surface area (Å²) in [5.74, 6) is -2.13. The van der Waals surface area contributed by atoms with Crippen LogP contribution in [0.2, 0.25) is 0 Å². The Morgan fingerprint density at radius 1 is 0.703 bits per heavy atom. The first-order chi connectivity index (χ1) is 17.7. The highest BCUT2D eigenvalue weighted by molar-refractivity contribution is 5.91. The minimum atomic E-state index is -1.17. The number of ether oxygens (including phenoxy) is 4. The van der Waals surface area contributed by atoms with Gasteiger partial charge in [-0.2, -0.15) is 4.39 Å². The Morgan fingerprint density at radius 2 is 1.22 bits per heavy atom. The van der Waals surface area contributed by atoms with Gasteiger partial charge in [0.15, 0.2) is 0 Å². The Balaban J connectivity index is 1.49. The van der Waals surface area contributed by atoms with E-state index in [4.69, 9.17) is 18.9 Å². The summed E-state index contributed by atoms with van der Waals surface area (Å²) in [6, 6.07) is 19.8. The molecule has 0 aromatic heterocycles. The summed E-state index contributed by atoms with van der Waals surface area (Å²) in [7, 11) is 0. The highest BCUT2D eigenvalue weighted by atomic mass is 19.1. The van der Waals surface area contributed by atoms with Crippen LogP contribution in [0.25, 0.3) is 11.1 Å². The minimum absolute atomic E-state index is 0.188. The van der Waals surface area contributed by atoms with Crippen LogP contribution in [-0.4, -0.2) is 31.1 Å². The second kappa shape index (κ2) is 12.8. The Bertz CT molecular complexity index is 1280. The minimum Gasteiger partial charge on any atom is -0.493 e. The van der Waals surface area contributed by atoms with E-state index in [0.717, 1.165) is 11.1 Å². The van der Waals surface area contributed by atoms with Crippen molar-refractivity contribution in [3.05, 3.63) is 103 Å². The molecule has 0 atom stereocenters. The quantitative estimate of drug-likeness (QED) is 0.140. The molecule has 0 N–H and O–H groups in total. The molecule has 0 unspecified atom stereocenters. The van der Waals surface area contributed by atoms with Crippen molar-refractivity contribution in [1.82, 2.24) is 0 Å². The predicted octanol–water partition coefficient (Wildman–Crippen LogP) is 5.85. The van der Waals surface area contributed by atoms with Gasteiger partial charge in [-0.05, 0) is 66.6 Å². The molecule has 3 rings (SSSR count). The van der Waals surface area contributed by atoms with Crippen LogP contribution in [0.3, 0.4) is 0 Å². The Hall–Kier alpha value is -4.72. The molecule has 0 aliphatic heterocycles. The lowest BCUT2D eigenvalue weighted by Gasteiger charge is -2.09. The van der Waals surface area contributed by atoms with E-state index in [1.165, 1.54) is 12.1 Å². The zero-order valence-corrected chi connectivity index (χ0v) is 20.2. The standard InChI is InChI=1S/C29H25FO7/c1-19(2)27(31)35-18-4-17-34-24-13-15-26(16-14-24)37-29(33)23-7-5-21(6-8-23)22-9-11-25(12-10-22)36-28(32)20(3)30/h5-16H,1,3-4,17-18H2,2H3. The fourth-order valence-corrected chi connectivity index (χ4v) is 2.98. The SMILES string of the molecule is C=C(C)C(=O)OCCCOc1ccc(OC(=O)c2ccc(-c3ccc(OC(=O)C(=C)F)cc3)cc2)cc1.